The van der Waals surface area contributed by atoms with Crippen LogP contribution in [0.15, 0.2) is 41.0 Å². The Morgan fingerprint density at radius 1 is 1.24 bits per heavy atom. The lowest BCUT2D eigenvalue weighted by atomic mass is 10.1. The molecule has 0 aliphatic carbocycles. The van der Waals surface area contributed by atoms with Crippen molar-refractivity contribution in [2.24, 2.45) is 0 Å². The van der Waals surface area contributed by atoms with Crippen LogP contribution in [-0.2, 0) is 11.2 Å². The summed E-state index contributed by atoms with van der Waals surface area (Å²) in [7, 11) is 0. The van der Waals surface area contributed by atoms with Crippen molar-refractivity contribution in [1.82, 2.24) is 0 Å². The summed E-state index contributed by atoms with van der Waals surface area (Å²) in [6.45, 7) is 0.433. The molecule has 0 bridgehead atoms. The highest BCUT2D eigenvalue weighted by molar-refractivity contribution is 6.30. The van der Waals surface area contributed by atoms with E-state index in [4.69, 9.17) is 31.0 Å². The SMILES string of the molecule is OC[C@H](O)COCCCc1coc(-c2ccc(Cl)cc2)c1. The van der Waals surface area contributed by atoms with Crippen LogP contribution in [-0.4, -0.2) is 36.1 Å². The number of ether oxygens (including phenoxy) is 1. The lowest BCUT2D eigenvalue weighted by Gasteiger charge is -2.07. The van der Waals surface area contributed by atoms with Gasteiger partial charge in [0.15, 0.2) is 0 Å². The molecule has 0 aliphatic heterocycles. The van der Waals surface area contributed by atoms with Crippen molar-refractivity contribution in [1.29, 1.82) is 0 Å². The van der Waals surface area contributed by atoms with E-state index in [1.54, 1.807) is 6.26 Å². The molecule has 0 fully saturated rings. The Kier molecular flexibility index (Phi) is 6.26. The van der Waals surface area contributed by atoms with Crippen molar-refractivity contribution in [2.45, 2.75) is 18.9 Å². The lowest BCUT2D eigenvalue weighted by Crippen LogP contribution is -2.19. The molecule has 0 saturated carbocycles. The van der Waals surface area contributed by atoms with Gasteiger partial charge in [-0.15, -0.1) is 0 Å². The molecular weight excluding hydrogens is 292 g/mol. The van der Waals surface area contributed by atoms with Gasteiger partial charge in [0.05, 0.1) is 19.5 Å². The van der Waals surface area contributed by atoms with Crippen LogP contribution in [0.2, 0.25) is 5.02 Å². The van der Waals surface area contributed by atoms with Crippen LogP contribution in [0.3, 0.4) is 0 Å². The summed E-state index contributed by atoms with van der Waals surface area (Å²) >= 11 is 5.86. The fourth-order valence-electron chi connectivity index (χ4n) is 1.92. The molecule has 0 aliphatic rings. The maximum atomic E-state index is 9.12. The highest BCUT2D eigenvalue weighted by Crippen LogP contribution is 2.24. The third-order valence-electron chi connectivity index (χ3n) is 3.06. The van der Waals surface area contributed by atoms with E-state index in [1.807, 2.05) is 30.3 Å². The van der Waals surface area contributed by atoms with Crippen molar-refractivity contribution < 1.29 is 19.4 Å². The zero-order chi connectivity index (χ0) is 15.1. The van der Waals surface area contributed by atoms with E-state index >= 15 is 0 Å². The Labute approximate surface area is 128 Å². The van der Waals surface area contributed by atoms with E-state index in [0.29, 0.717) is 11.6 Å². The number of hydrogen-bond acceptors (Lipinski definition) is 4. The number of rotatable bonds is 8. The largest absolute Gasteiger partial charge is 0.464 e. The van der Waals surface area contributed by atoms with Crippen molar-refractivity contribution >= 4 is 11.6 Å². The minimum atomic E-state index is -0.796. The molecule has 114 valence electrons. The van der Waals surface area contributed by atoms with Crippen molar-refractivity contribution in [3.8, 4) is 11.3 Å². The molecule has 0 amide bonds. The van der Waals surface area contributed by atoms with Gasteiger partial charge in [-0.2, -0.15) is 0 Å². The average Bonchev–Trinajstić information content (AvgIpc) is 2.96. The average molecular weight is 311 g/mol. The zero-order valence-electron chi connectivity index (χ0n) is 11.7. The number of halogens is 1. The number of aryl methyl sites for hydroxylation is 1. The Hall–Kier alpha value is -1.33. The smallest absolute Gasteiger partial charge is 0.134 e. The van der Waals surface area contributed by atoms with Crippen molar-refractivity contribution in [3.63, 3.8) is 0 Å². The fourth-order valence-corrected chi connectivity index (χ4v) is 2.05. The van der Waals surface area contributed by atoms with Gasteiger partial charge in [-0.1, -0.05) is 11.6 Å². The summed E-state index contributed by atoms with van der Waals surface area (Å²) in [5, 5.41) is 18.5. The minimum absolute atomic E-state index is 0.165. The Bertz CT molecular complexity index is 535. The van der Waals surface area contributed by atoms with E-state index < -0.39 is 6.10 Å². The van der Waals surface area contributed by atoms with Crippen LogP contribution < -0.4 is 0 Å². The molecule has 2 N–H and O–H groups in total. The molecule has 0 unspecified atom stereocenters. The van der Waals surface area contributed by atoms with Gasteiger partial charge in [0.2, 0.25) is 0 Å². The van der Waals surface area contributed by atoms with Gasteiger partial charge >= 0.3 is 0 Å². The molecule has 2 aromatic rings. The first kappa shape index (κ1) is 16.0. The summed E-state index contributed by atoms with van der Waals surface area (Å²) in [6.07, 6.45) is 2.62. The van der Waals surface area contributed by atoms with Gasteiger partial charge in [-0.25, -0.2) is 0 Å². The number of benzene rings is 1. The van der Waals surface area contributed by atoms with Gasteiger partial charge in [0.1, 0.15) is 11.9 Å². The van der Waals surface area contributed by atoms with Gasteiger partial charge < -0.3 is 19.4 Å². The third kappa shape index (κ3) is 5.17. The van der Waals surface area contributed by atoms with E-state index in [9.17, 15) is 0 Å². The molecule has 0 radical (unpaired) electrons. The topological polar surface area (TPSA) is 62.8 Å². The summed E-state index contributed by atoms with van der Waals surface area (Å²) < 4.78 is 10.8. The van der Waals surface area contributed by atoms with Gasteiger partial charge in [0, 0.05) is 17.2 Å². The summed E-state index contributed by atoms with van der Waals surface area (Å²) in [4.78, 5) is 0. The molecule has 1 aromatic heterocycles. The fraction of sp³-hybridized carbons (Fsp3) is 0.375. The Morgan fingerprint density at radius 2 is 2.00 bits per heavy atom. The first-order chi connectivity index (χ1) is 10.2. The second-order valence-electron chi connectivity index (χ2n) is 4.84. The number of furan rings is 1. The highest BCUT2D eigenvalue weighted by atomic mass is 35.5. The summed E-state index contributed by atoms with van der Waals surface area (Å²) in [6, 6.07) is 9.51. The van der Waals surface area contributed by atoms with Crippen LogP contribution >= 0.6 is 11.6 Å². The Morgan fingerprint density at radius 3 is 2.71 bits per heavy atom. The minimum Gasteiger partial charge on any atom is -0.464 e. The van der Waals surface area contributed by atoms with Crippen LogP contribution in [0, 0.1) is 0 Å². The van der Waals surface area contributed by atoms with Crippen LogP contribution in [0.25, 0.3) is 11.3 Å². The molecule has 21 heavy (non-hydrogen) atoms. The zero-order valence-corrected chi connectivity index (χ0v) is 12.4. The molecule has 0 saturated heterocycles. The van der Waals surface area contributed by atoms with Gasteiger partial charge in [-0.05, 0) is 48.7 Å². The molecule has 1 aromatic carbocycles. The maximum absolute atomic E-state index is 9.12. The van der Waals surface area contributed by atoms with E-state index in [2.05, 4.69) is 0 Å². The van der Waals surface area contributed by atoms with Crippen LogP contribution in [0.4, 0.5) is 0 Å². The molecular formula is C16H19ClO4. The molecule has 4 nitrogen and oxygen atoms in total. The predicted octanol–water partition coefficient (Wildman–Crippen LogP) is 2.90. The second kappa shape index (κ2) is 8.20. The first-order valence-electron chi connectivity index (χ1n) is 6.89. The van der Waals surface area contributed by atoms with E-state index in [0.717, 1.165) is 29.7 Å². The van der Waals surface area contributed by atoms with Gasteiger partial charge in [0.25, 0.3) is 0 Å². The lowest BCUT2D eigenvalue weighted by molar-refractivity contribution is 0.00574. The summed E-state index contributed by atoms with van der Waals surface area (Å²) in [5.41, 5.74) is 2.10. The third-order valence-corrected chi connectivity index (χ3v) is 3.31. The maximum Gasteiger partial charge on any atom is 0.134 e. The number of hydrogen-bond donors (Lipinski definition) is 2. The molecule has 0 spiro atoms. The second-order valence-corrected chi connectivity index (χ2v) is 5.28. The molecule has 1 atom stereocenters. The monoisotopic (exact) mass is 310 g/mol. The Balaban J connectivity index is 1.77. The standard InChI is InChI=1S/C16H19ClO4/c17-14-5-3-13(4-6-14)16-8-12(10-21-16)2-1-7-20-11-15(19)9-18/h3-6,8,10,15,18-19H,1-2,7,9,11H2/t15-/m0/s1. The van der Waals surface area contributed by atoms with E-state index in [-0.39, 0.29) is 13.2 Å². The van der Waals surface area contributed by atoms with Crippen LogP contribution in [0.5, 0.6) is 0 Å². The van der Waals surface area contributed by atoms with Crippen molar-refractivity contribution in [3.05, 3.63) is 47.2 Å². The normalized spacial score (nSPS) is 12.5. The van der Waals surface area contributed by atoms with Crippen LogP contribution in [0.1, 0.15) is 12.0 Å². The first-order valence-corrected chi connectivity index (χ1v) is 7.27. The molecule has 2 rings (SSSR count). The number of aliphatic hydroxyl groups is 2. The molecule has 1 heterocycles. The number of aliphatic hydroxyl groups excluding tert-OH is 2. The van der Waals surface area contributed by atoms with Crippen molar-refractivity contribution in [2.75, 3.05) is 19.8 Å². The van der Waals surface area contributed by atoms with E-state index in [1.165, 1.54) is 0 Å². The summed E-state index contributed by atoms with van der Waals surface area (Å²) in [5.74, 6) is 0.818. The molecule has 5 heteroatoms. The quantitative estimate of drug-likeness (QED) is 0.736. The highest BCUT2D eigenvalue weighted by Gasteiger charge is 2.05. The predicted molar refractivity (Wildman–Crippen MR) is 81.4 cm³/mol. The van der Waals surface area contributed by atoms with Gasteiger partial charge in [-0.3, -0.25) is 0 Å².